The summed E-state index contributed by atoms with van der Waals surface area (Å²) >= 11 is 3.20. The molecule has 0 heterocycles. The molecule has 0 saturated heterocycles. The minimum atomic E-state index is -1.74. The van der Waals surface area contributed by atoms with Crippen LogP contribution in [0, 0.1) is 0 Å². The number of amides is 1. The first kappa shape index (κ1) is 17.8. The number of carbonyl (C=O) groups excluding carboxylic acids is 1. The maximum absolute atomic E-state index is 12.2. The molecule has 0 aromatic heterocycles. The molecule has 0 bridgehead atoms. The Kier molecular flexibility index (Phi) is 7.00. The Morgan fingerprint density at radius 1 is 1.48 bits per heavy atom. The van der Waals surface area contributed by atoms with Crippen molar-refractivity contribution < 1.29 is 23.6 Å². The molecule has 6 nitrogen and oxygen atoms in total. The van der Waals surface area contributed by atoms with Gasteiger partial charge in [0.1, 0.15) is 5.75 Å². The molecule has 2 unspecified atom stereocenters. The molecule has 116 valence electrons. The summed E-state index contributed by atoms with van der Waals surface area (Å²) in [6.07, 6.45) is 0. The third kappa shape index (κ3) is 5.56. The second kappa shape index (κ2) is 8.26. The maximum Gasteiger partial charge on any atom is 0.336 e. The van der Waals surface area contributed by atoms with Crippen molar-refractivity contribution in [2.45, 2.75) is 17.9 Å². The SMILES string of the molecule is COCC(C)NC(=O)CS(=O)c1cc(Br)ccc1C(=O)O. The number of carboxylic acids is 1. The van der Waals surface area contributed by atoms with E-state index in [9.17, 15) is 13.8 Å². The minimum absolute atomic E-state index is 0.0747. The Morgan fingerprint density at radius 3 is 2.71 bits per heavy atom. The van der Waals surface area contributed by atoms with Crippen molar-refractivity contribution in [2.75, 3.05) is 19.5 Å². The number of rotatable bonds is 7. The van der Waals surface area contributed by atoms with Crippen LogP contribution in [0.15, 0.2) is 27.6 Å². The van der Waals surface area contributed by atoms with E-state index in [2.05, 4.69) is 21.2 Å². The van der Waals surface area contributed by atoms with Crippen LogP contribution >= 0.6 is 15.9 Å². The third-order valence-corrected chi connectivity index (χ3v) is 4.35. The van der Waals surface area contributed by atoms with Crippen molar-refractivity contribution >= 4 is 38.6 Å². The Morgan fingerprint density at radius 2 is 2.14 bits per heavy atom. The van der Waals surface area contributed by atoms with Gasteiger partial charge in [0.25, 0.3) is 0 Å². The normalized spacial score (nSPS) is 13.5. The molecule has 1 rings (SSSR count). The van der Waals surface area contributed by atoms with Crippen LogP contribution < -0.4 is 5.32 Å². The van der Waals surface area contributed by atoms with Gasteiger partial charge in [-0.05, 0) is 25.1 Å². The van der Waals surface area contributed by atoms with Gasteiger partial charge in [-0.25, -0.2) is 4.79 Å². The van der Waals surface area contributed by atoms with E-state index >= 15 is 0 Å². The lowest BCUT2D eigenvalue weighted by molar-refractivity contribution is -0.119. The van der Waals surface area contributed by atoms with Crippen LogP contribution in [0.3, 0.4) is 0 Å². The van der Waals surface area contributed by atoms with E-state index in [1.165, 1.54) is 19.2 Å². The van der Waals surface area contributed by atoms with Crippen molar-refractivity contribution in [3.63, 3.8) is 0 Å². The molecule has 1 aromatic rings. The largest absolute Gasteiger partial charge is 0.478 e. The number of methoxy groups -OCH3 is 1. The Bertz CT molecular complexity index is 563. The molecule has 2 atom stereocenters. The zero-order valence-electron chi connectivity index (χ0n) is 11.6. The van der Waals surface area contributed by atoms with Gasteiger partial charge in [0, 0.05) is 17.6 Å². The predicted molar refractivity (Wildman–Crippen MR) is 81.9 cm³/mol. The maximum atomic E-state index is 12.2. The van der Waals surface area contributed by atoms with Crippen LogP contribution in [0.4, 0.5) is 0 Å². The number of carbonyl (C=O) groups is 2. The number of hydrogen-bond acceptors (Lipinski definition) is 4. The van der Waals surface area contributed by atoms with E-state index in [1.807, 2.05) is 0 Å². The molecule has 1 aromatic carbocycles. The molecule has 0 spiro atoms. The molecule has 0 fully saturated rings. The quantitative estimate of drug-likeness (QED) is 0.749. The summed E-state index contributed by atoms with van der Waals surface area (Å²) in [7, 11) is -0.225. The van der Waals surface area contributed by atoms with Gasteiger partial charge in [-0.1, -0.05) is 15.9 Å². The van der Waals surface area contributed by atoms with Crippen molar-refractivity contribution in [1.29, 1.82) is 0 Å². The summed E-state index contributed by atoms with van der Waals surface area (Å²) in [5, 5.41) is 11.7. The molecule has 21 heavy (non-hydrogen) atoms. The zero-order valence-corrected chi connectivity index (χ0v) is 14.0. The second-order valence-electron chi connectivity index (χ2n) is 4.36. The van der Waals surface area contributed by atoms with Crippen LogP contribution in [0.5, 0.6) is 0 Å². The Hall–Kier alpha value is -1.25. The highest BCUT2D eigenvalue weighted by Gasteiger charge is 2.19. The van der Waals surface area contributed by atoms with Crippen LogP contribution in [0.2, 0.25) is 0 Å². The van der Waals surface area contributed by atoms with Crippen molar-refractivity contribution in [1.82, 2.24) is 5.32 Å². The lowest BCUT2D eigenvalue weighted by Gasteiger charge is -2.13. The molecule has 0 aliphatic carbocycles. The summed E-state index contributed by atoms with van der Waals surface area (Å²) in [5.74, 6) is -1.90. The number of nitrogens with one attached hydrogen (secondary N) is 1. The minimum Gasteiger partial charge on any atom is -0.478 e. The summed E-state index contributed by atoms with van der Waals surface area (Å²) in [4.78, 5) is 23.0. The lowest BCUT2D eigenvalue weighted by atomic mass is 10.2. The van der Waals surface area contributed by atoms with Crippen molar-refractivity contribution in [3.05, 3.63) is 28.2 Å². The van der Waals surface area contributed by atoms with Gasteiger partial charge in [0.2, 0.25) is 5.91 Å². The third-order valence-electron chi connectivity index (χ3n) is 2.51. The molecule has 0 saturated carbocycles. The lowest BCUT2D eigenvalue weighted by Crippen LogP contribution is -2.38. The van der Waals surface area contributed by atoms with E-state index in [0.29, 0.717) is 11.1 Å². The number of benzene rings is 1. The molecule has 0 radical (unpaired) electrons. The summed E-state index contributed by atoms with van der Waals surface area (Å²) in [5.41, 5.74) is -0.0747. The molecule has 0 aliphatic heterocycles. The van der Waals surface area contributed by atoms with Gasteiger partial charge in [0.15, 0.2) is 0 Å². The fraction of sp³-hybridized carbons (Fsp3) is 0.385. The highest BCUT2D eigenvalue weighted by molar-refractivity contribution is 9.10. The first-order valence-electron chi connectivity index (χ1n) is 6.04. The highest BCUT2D eigenvalue weighted by Crippen LogP contribution is 2.20. The van der Waals surface area contributed by atoms with Gasteiger partial charge in [-0.3, -0.25) is 9.00 Å². The van der Waals surface area contributed by atoms with E-state index in [4.69, 9.17) is 9.84 Å². The van der Waals surface area contributed by atoms with Gasteiger partial charge in [-0.15, -0.1) is 0 Å². The van der Waals surface area contributed by atoms with Crippen LogP contribution in [0.25, 0.3) is 0 Å². The van der Waals surface area contributed by atoms with Gasteiger partial charge < -0.3 is 15.2 Å². The average molecular weight is 378 g/mol. The molecule has 8 heteroatoms. The van der Waals surface area contributed by atoms with Gasteiger partial charge >= 0.3 is 5.97 Å². The molecular formula is C13H16BrNO5S. The summed E-state index contributed by atoms with van der Waals surface area (Å²) in [6, 6.07) is 4.14. The van der Waals surface area contributed by atoms with E-state index < -0.39 is 22.7 Å². The number of hydrogen-bond donors (Lipinski definition) is 2. The molecule has 2 N–H and O–H groups in total. The predicted octanol–water partition coefficient (Wildman–Crippen LogP) is 1.41. The van der Waals surface area contributed by atoms with E-state index in [0.717, 1.165) is 0 Å². The number of ether oxygens (including phenoxy) is 1. The number of aromatic carboxylic acids is 1. The highest BCUT2D eigenvalue weighted by atomic mass is 79.9. The standard InChI is InChI=1S/C13H16BrNO5S/c1-8(6-20-2)15-12(16)7-21(19)11-5-9(14)3-4-10(11)13(17)18/h3-5,8H,6-7H2,1-2H3,(H,15,16)(H,17,18). The molecular weight excluding hydrogens is 362 g/mol. The monoisotopic (exact) mass is 377 g/mol. The van der Waals surface area contributed by atoms with Gasteiger partial charge in [0.05, 0.1) is 27.9 Å². The van der Waals surface area contributed by atoms with Crippen molar-refractivity contribution in [3.8, 4) is 0 Å². The van der Waals surface area contributed by atoms with E-state index in [1.54, 1.807) is 13.0 Å². The van der Waals surface area contributed by atoms with E-state index in [-0.39, 0.29) is 22.3 Å². The van der Waals surface area contributed by atoms with Crippen LogP contribution in [0.1, 0.15) is 17.3 Å². The topological polar surface area (TPSA) is 92.7 Å². The van der Waals surface area contributed by atoms with Gasteiger partial charge in [-0.2, -0.15) is 0 Å². The fourth-order valence-corrected chi connectivity index (χ4v) is 3.31. The fourth-order valence-electron chi connectivity index (χ4n) is 1.67. The smallest absolute Gasteiger partial charge is 0.336 e. The Labute approximate surface area is 133 Å². The first-order chi connectivity index (χ1) is 9.85. The number of carboxylic acid groups (broad SMARTS) is 1. The number of halogens is 1. The molecule has 0 aliphatic rings. The summed E-state index contributed by atoms with van der Waals surface area (Å²) in [6.45, 7) is 2.10. The first-order valence-corrected chi connectivity index (χ1v) is 8.16. The summed E-state index contributed by atoms with van der Waals surface area (Å²) < 4.78 is 17.7. The van der Waals surface area contributed by atoms with Crippen LogP contribution in [-0.2, 0) is 20.3 Å². The average Bonchev–Trinajstić information content (AvgIpc) is 2.37. The Balaban J connectivity index is 2.82. The zero-order chi connectivity index (χ0) is 16.0. The second-order valence-corrected chi connectivity index (χ2v) is 6.69. The van der Waals surface area contributed by atoms with Crippen molar-refractivity contribution in [2.24, 2.45) is 0 Å². The van der Waals surface area contributed by atoms with Crippen LogP contribution in [-0.4, -0.2) is 46.7 Å². The molecule has 1 amide bonds.